The van der Waals surface area contributed by atoms with Crippen LogP contribution in [0.1, 0.15) is 39.5 Å². The van der Waals surface area contributed by atoms with Crippen LogP contribution in [0.2, 0.25) is 0 Å². The SMILES string of the molecule is CN=C(NCCCN1CCCCC1C)NCC1(C)COC1.I. The van der Waals surface area contributed by atoms with Crippen LogP contribution in [0.5, 0.6) is 0 Å². The van der Waals surface area contributed by atoms with Crippen molar-refractivity contribution in [3.63, 3.8) is 0 Å². The number of hydrogen-bond donors (Lipinski definition) is 2. The van der Waals surface area contributed by atoms with Crippen molar-refractivity contribution in [2.75, 3.05) is 46.4 Å². The Labute approximate surface area is 152 Å². The molecule has 2 N–H and O–H groups in total. The molecule has 0 bridgehead atoms. The summed E-state index contributed by atoms with van der Waals surface area (Å²) in [6.07, 6.45) is 5.29. The third-order valence-corrected chi connectivity index (χ3v) is 4.66. The summed E-state index contributed by atoms with van der Waals surface area (Å²) < 4.78 is 5.27. The summed E-state index contributed by atoms with van der Waals surface area (Å²) in [6.45, 7) is 10.7. The predicted molar refractivity (Wildman–Crippen MR) is 103 cm³/mol. The fourth-order valence-electron chi connectivity index (χ4n) is 3.05. The molecule has 0 aliphatic carbocycles. The second-order valence-electron chi connectivity index (χ2n) is 6.89. The largest absolute Gasteiger partial charge is 0.380 e. The molecule has 2 saturated heterocycles. The topological polar surface area (TPSA) is 48.9 Å². The van der Waals surface area contributed by atoms with E-state index in [0.29, 0.717) is 0 Å². The highest BCUT2D eigenvalue weighted by atomic mass is 127. The zero-order valence-corrected chi connectivity index (χ0v) is 16.7. The summed E-state index contributed by atoms with van der Waals surface area (Å²) in [4.78, 5) is 6.91. The van der Waals surface area contributed by atoms with Crippen molar-refractivity contribution in [2.45, 2.75) is 45.6 Å². The number of rotatable bonds is 6. The van der Waals surface area contributed by atoms with Crippen LogP contribution in [0, 0.1) is 5.41 Å². The molecule has 2 aliphatic heterocycles. The summed E-state index contributed by atoms with van der Waals surface area (Å²) in [5, 5.41) is 6.82. The fourth-order valence-corrected chi connectivity index (χ4v) is 3.05. The standard InChI is InChI=1S/C16H32N4O.HI/c1-14-7-4-5-9-20(14)10-6-8-18-15(17-3)19-11-16(2)12-21-13-16;/h14H,4-13H2,1-3H3,(H2,17,18,19);1H. The second kappa shape index (κ2) is 9.93. The van der Waals surface area contributed by atoms with E-state index in [1.807, 2.05) is 7.05 Å². The Balaban J connectivity index is 0.00000242. The maximum Gasteiger partial charge on any atom is 0.191 e. The van der Waals surface area contributed by atoms with Crippen molar-refractivity contribution >= 4 is 29.9 Å². The van der Waals surface area contributed by atoms with Gasteiger partial charge in [-0.15, -0.1) is 24.0 Å². The first-order chi connectivity index (χ1) is 10.1. The van der Waals surface area contributed by atoms with Crippen molar-refractivity contribution in [3.05, 3.63) is 0 Å². The summed E-state index contributed by atoms with van der Waals surface area (Å²) in [6, 6.07) is 0.759. The molecule has 1 unspecified atom stereocenters. The first kappa shape index (κ1) is 20.0. The van der Waals surface area contributed by atoms with Crippen LogP contribution >= 0.6 is 24.0 Å². The Bertz CT molecular complexity index is 347. The third kappa shape index (κ3) is 6.20. The number of ether oxygens (including phenoxy) is 1. The molecule has 130 valence electrons. The van der Waals surface area contributed by atoms with Gasteiger partial charge < -0.3 is 20.3 Å². The zero-order valence-electron chi connectivity index (χ0n) is 14.4. The Hall–Kier alpha value is -0.0800. The van der Waals surface area contributed by atoms with Crippen molar-refractivity contribution < 1.29 is 4.74 Å². The van der Waals surface area contributed by atoms with E-state index >= 15 is 0 Å². The van der Waals surface area contributed by atoms with E-state index in [1.165, 1.54) is 38.8 Å². The van der Waals surface area contributed by atoms with Gasteiger partial charge in [0, 0.05) is 38.1 Å². The van der Waals surface area contributed by atoms with Gasteiger partial charge in [0.25, 0.3) is 0 Å². The van der Waals surface area contributed by atoms with Crippen molar-refractivity contribution in [2.24, 2.45) is 10.4 Å². The van der Waals surface area contributed by atoms with Gasteiger partial charge in [-0.1, -0.05) is 13.3 Å². The smallest absolute Gasteiger partial charge is 0.191 e. The summed E-state index contributed by atoms with van der Waals surface area (Å²) >= 11 is 0. The minimum atomic E-state index is 0. The van der Waals surface area contributed by atoms with Gasteiger partial charge in [0.2, 0.25) is 0 Å². The molecule has 2 heterocycles. The zero-order chi connectivity index (χ0) is 15.1. The lowest BCUT2D eigenvalue weighted by atomic mass is 9.89. The Morgan fingerprint density at radius 3 is 2.68 bits per heavy atom. The maximum absolute atomic E-state index is 5.27. The number of likely N-dealkylation sites (tertiary alicyclic amines) is 1. The number of piperidine rings is 1. The molecule has 5 nitrogen and oxygen atoms in total. The molecule has 0 spiro atoms. The molecule has 22 heavy (non-hydrogen) atoms. The number of hydrogen-bond acceptors (Lipinski definition) is 3. The molecule has 0 aromatic carbocycles. The van der Waals surface area contributed by atoms with Crippen molar-refractivity contribution in [1.29, 1.82) is 0 Å². The van der Waals surface area contributed by atoms with Gasteiger partial charge in [0.05, 0.1) is 13.2 Å². The molecular weight excluding hydrogens is 391 g/mol. The van der Waals surface area contributed by atoms with E-state index < -0.39 is 0 Å². The van der Waals surface area contributed by atoms with Crippen LogP contribution in [0.25, 0.3) is 0 Å². The number of halogens is 1. The van der Waals surface area contributed by atoms with Crippen LogP contribution in [-0.4, -0.2) is 63.3 Å². The minimum Gasteiger partial charge on any atom is -0.380 e. The van der Waals surface area contributed by atoms with Crippen LogP contribution in [0.4, 0.5) is 0 Å². The average molecular weight is 424 g/mol. The molecule has 6 heteroatoms. The van der Waals surface area contributed by atoms with Crippen molar-refractivity contribution in [3.8, 4) is 0 Å². The lowest BCUT2D eigenvalue weighted by Gasteiger charge is -2.38. The van der Waals surface area contributed by atoms with E-state index in [4.69, 9.17) is 4.74 Å². The monoisotopic (exact) mass is 424 g/mol. The first-order valence-electron chi connectivity index (χ1n) is 8.39. The van der Waals surface area contributed by atoms with Crippen LogP contribution < -0.4 is 10.6 Å². The number of aliphatic imine (C=N–C) groups is 1. The van der Waals surface area contributed by atoms with E-state index in [9.17, 15) is 0 Å². The molecule has 2 aliphatic rings. The van der Waals surface area contributed by atoms with Gasteiger partial charge in [-0.3, -0.25) is 4.99 Å². The van der Waals surface area contributed by atoms with Crippen molar-refractivity contribution in [1.82, 2.24) is 15.5 Å². The van der Waals surface area contributed by atoms with Gasteiger partial charge in [-0.2, -0.15) is 0 Å². The third-order valence-electron chi connectivity index (χ3n) is 4.66. The summed E-state index contributed by atoms with van der Waals surface area (Å²) in [5.41, 5.74) is 0.279. The van der Waals surface area contributed by atoms with E-state index in [1.54, 1.807) is 0 Å². The van der Waals surface area contributed by atoms with Gasteiger partial charge in [-0.05, 0) is 32.7 Å². The molecule has 2 rings (SSSR count). The lowest BCUT2D eigenvalue weighted by Crippen LogP contribution is -2.51. The van der Waals surface area contributed by atoms with Gasteiger partial charge >= 0.3 is 0 Å². The molecular formula is C16H33IN4O. The molecule has 0 amide bonds. The summed E-state index contributed by atoms with van der Waals surface area (Å²) in [5.74, 6) is 0.912. The molecule has 0 radical (unpaired) electrons. The highest BCUT2D eigenvalue weighted by Crippen LogP contribution is 2.24. The van der Waals surface area contributed by atoms with Crippen LogP contribution in [0.3, 0.4) is 0 Å². The molecule has 0 aromatic heterocycles. The molecule has 1 atom stereocenters. The predicted octanol–water partition coefficient (Wildman–Crippen LogP) is 2.07. The van der Waals surface area contributed by atoms with E-state index in [2.05, 4.69) is 34.4 Å². The fraction of sp³-hybridized carbons (Fsp3) is 0.938. The summed E-state index contributed by atoms with van der Waals surface area (Å²) in [7, 11) is 1.83. The molecule has 0 aromatic rings. The van der Waals surface area contributed by atoms with Gasteiger partial charge in [0.1, 0.15) is 0 Å². The van der Waals surface area contributed by atoms with Gasteiger partial charge in [-0.25, -0.2) is 0 Å². The Kier molecular flexibility index (Phi) is 9.01. The number of guanidine groups is 1. The highest BCUT2D eigenvalue weighted by Gasteiger charge is 2.33. The maximum atomic E-state index is 5.27. The lowest BCUT2D eigenvalue weighted by molar-refractivity contribution is -0.0971. The van der Waals surface area contributed by atoms with E-state index in [-0.39, 0.29) is 29.4 Å². The number of nitrogens with zero attached hydrogens (tertiary/aromatic N) is 2. The highest BCUT2D eigenvalue weighted by molar-refractivity contribution is 14.0. The quantitative estimate of drug-likeness (QED) is 0.297. The molecule has 0 saturated carbocycles. The van der Waals surface area contributed by atoms with Crippen LogP contribution in [0.15, 0.2) is 4.99 Å². The van der Waals surface area contributed by atoms with E-state index in [0.717, 1.165) is 38.3 Å². The Morgan fingerprint density at radius 1 is 1.32 bits per heavy atom. The normalized spacial score (nSPS) is 25.0. The number of nitrogens with one attached hydrogen (secondary N) is 2. The van der Waals surface area contributed by atoms with Crippen LogP contribution in [-0.2, 0) is 4.74 Å². The molecule has 2 fully saturated rings. The van der Waals surface area contributed by atoms with Gasteiger partial charge in [0.15, 0.2) is 5.96 Å². The minimum absolute atomic E-state index is 0. The second-order valence-corrected chi connectivity index (χ2v) is 6.89. The first-order valence-corrected chi connectivity index (χ1v) is 8.39. The Morgan fingerprint density at radius 2 is 2.09 bits per heavy atom. The average Bonchev–Trinajstić information content (AvgIpc) is 2.46.